The normalized spacial score (nSPS) is 11.3. The fourth-order valence-corrected chi connectivity index (χ4v) is 12.5. The predicted octanol–water partition coefficient (Wildman–Crippen LogP) is 22.4. The molecule has 0 radical (unpaired) electrons. The van der Waals surface area contributed by atoms with E-state index in [0.717, 1.165) is 156 Å². The number of benzene rings is 12. The third-order valence-electron chi connectivity index (χ3n) is 16.8. The molecule has 0 bridgehead atoms. The van der Waals surface area contributed by atoms with Crippen molar-refractivity contribution in [2.45, 2.75) is 0 Å². The second-order valence-electron chi connectivity index (χ2n) is 22.3. The van der Waals surface area contributed by atoms with Gasteiger partial charge in [-0.15, -0.1) is 0 Å². The van der Waals surface area contributed by atoms with Gasteiger partial charge in [-0.1, -0.05) is 309 Å². The van der Waals surface area contributed by atoms with Crippen LogP contribution in [0.4, 0.5) is 0 Å². The average Bonchev–Trinajstić information content (AvgIpc) is 1.56. The van der Waals surface area contributed by atoms with E-state index in [9.17, 15) is 0 Å². The molecule has 90 heavy (non-hydrogen) atoms. The van der Waals surface area contributed by atoms with Gasteiger partial charge in [-0.05, 0) is 51.6 Å². The summed E-state index contributed by atoms with van der Waals surface area (Å²) in [5, 5.41) is 4.08. The van der Waals surface area contributed by atoms with Gasteiger partial charge in [0, 0.05) is 77.2 Å². The second kappa shape index (κ2) is 23.3. The minimum Gasteiger partial charge on any atom is -0.455 e. The Kier molecular flexibility index (Phi) is 13.8. The largest absolute Gasteiger partial charge is 0.455 e. The lowest BCUT2D eigenvalue weighted by atomic mass is 9.90. The van der Waals surface area contributed by atoms with E-state index in [2.05, 4.69) is 273 Å². The molecule has 0 saturated carbocycles. The van der Waals surface area contributed by atoms with Crippen LogP contribution in [0.3, 0.4) is 0 Å². The van der Waals surface area contributed by atoms with Crippen molar-refractivity contribution in [3.05, 3.63) is 328 Å². The quantitative estimate of drug-likeness (QED) is 0.114. The maximum atomic E-state index is 7.23. The van der Waals surface area contributed by atoms with Gasteiger partial charge in [-0.3, -0.25) is 0 Å². The van der Waals surface area contributed by atoms with Crippen molar-refractivity contribution in [3.8, 4) is 146 Å². The summed E-state index contributed by atoms with van der Waals surface area (Å²) in [5.74, 6) is 4.34. The van der Waals surface area contributed by atoms with E-state index < -0.39 is 0 Å². The van der Waals surface area contributed by atoms with Gasteiger partial charge in [-0.2, -0.15) is 0 Å². The Bertz CT molecular complexity index is 5200. The molecule has 16 aromatic rings. The molecule has 0 amide bonds. The number of rotatable bonds is 13. The van der Waals surface area contributed by atoms with Crippen LogP contribution >= 0.6 is 0 Å². The van der Waals surface area contributed by atoms with Crippen LogP contribution in [0.25, 0.3) is 168 Å². The maximum Gasteiger partial charge on any atom is 0.161 e. The smallest absolute Gasteiger partial charge is 0.161 e. The monoisotopic (exact) mass is 1150 g/mol. The fourth-order valence-electron chi connectivity index (χ4n) is 12.5. The fraction of sp³-hybridized carbons (Fsp3) is 0. The van der Waals surface area contributed by atoms with Crippen molar-refractivity contribution in [3.63, 3.8) is 0 Å². The van der Waals surface area contributed by atoms with E-state index in [-0.39, 0.29) is 0 Å². The van der Waals surface area contributed by atoms with Crippen molar-refractivity contribution in [1.82, 2.24) is 19.9 Å². The lowest BCUT2D eigenvalue weighted by Gasteiger charge is -2.16. The molecule has 422 valence electrons. The maximum absolute atomic E-state index is 7.23. The van der Waals surface area contributed by atoms with Gasteiger partial charge in [0.25, 0.3) is 0 Å². The molecule has 0 aliphatic carbocycles. The highest BCUT2D eigenvalue weighted by atomic mass is 16.3. The molecule has 0 aliphatic heterocycles. The Labute approximate surface area is 521 Å². The van der Waals surface area contributed by atoms with E-state index >= 15 is 0 Å². The van der Waals surface area contributed by atoms with Crippen LogP contribution in [0.5, 0.6) is 0 Å². The van der Waals surface area contributed by atoms with Crippen molar-refractivity contribution in [1.29, 1.82) is 0 Å². The zero-order valence-corrected chi connectivity index (χ0v) is 48.8. The Balaban J connectivity index is 0.837. The summed E-state index contributed by atoms with van der Waals surface area (Å²) >= 11 is 0. The van der Waals surface area contributed by atoms with E-state index in [1.165, 1.54) is 0 Å². The van der Waals surface area contributed by atoms with Gasteiger partial charge < -0.3 is 8.83 Å². The Hall–Kier alpha value is -12.1. The third kappa shape index (κ3) is 10.0. The van der Waals surface area contributed by atoms with Crippen LogP contribution < -0.4 is 0 Å². The Morgan fingerprint density at radius 3 is 0.967 bits per heavy atom. The lowest BCUT2D eigenvalue weighted by Crippen LogP contribution is -1.98. The van der Waals surface area contributed by atoms with Crippen LogP contribution in [0.1, 0.15) is 0 Å². The van der Waals surface area contributed by atoms with E-state index in [4.69, 9.17) is 28.8 Å². The molecule has 12 aromatic carbocycles. The van der Waals surface area contributed by atoms with E-state index in [0.29, 0.717) is 11.6 Å². The van der Waals surface area contributed by atoms with E-state index in [1.807, 2.05) is 54.6 Å². The summed E-state index contributed by atoms with van der Waals surface area (Å²) in [6.07, 6.45) is 0. The SMILES string of the molecule is c1ccc(-c2cc(-c3cccc(-c4ccccc4)c3-c3oc(-c4ccccc4)c4ccccc34)nc(-c3cccc(-c4ccc(-c5cccc(-c6nc(-c7ccccc7)cc(-c7ccccc7)n6)c5-c5oc(-c6ccccc6)c6ccccc56)cc4)c3)n2)cc1. The molecule has 6 heteroatoms. The molecule has 0 aliphatic rings. The molecule has 0 atom stereocenters. The molecule has 0 N–H and O–H groups in total. The van der Waals surface area contributed by atoms with Gasteiger partial charge in [0.05, 0.1) is 22.8 Å². The number of nitrogens with zero attached hydrogens (tertiary/aromatic N) is 4. The summed E-state index contributed by atoms with van der Waals surface area (Å²) < 4.78 is 14.4. The van der Waals surface area contributed by atoms with Crippen LogP contribution in [-0.4, -0.2) is 19.9 Å². The molecule has 4 heterocycles. The number of hydrogen-bond acceptors (Lipinski definition) is 6. The third-order valence-corrected chi connectivity index (χ3v) is 16.8. The minimum atomic E-state index is 0.593. The Morgan fingerprint density at radius 1 is 0.178 bits per heavy atom. The van der Waals surface area contributed by atoms with Crippen molar-refractivity contribution < 1.29 is 8.83 Å². The molecule has 6 nitrogen and oxygen atoms in total. The number of furan rings is 2. The van der Waals surface area contributed by atoms with Crippen molar-refractivity contribution in [2.75, 3.05) is 0 Å². The van der Waals surface area contributed by atoms with Gasteiger partial charge >= 0.3 is 0 Å². The zero-order valence-electron chi connectivity index (χ0n) is 48.8. The molecule has 16 rings (SSSR count). The van der Waals surface area contributed by atoms with E-state index in [1.54, 1.807) is 0 Å². The molecule has 0 saturated heterocycles. The van der Waals surface area contributed by atoms with Gasteiger partial charge in [0.2, 0.25) is 0 Å². The van der Waals surface area contributed by atoms with Crippen LogP contribution in [0.15, 0.2) is 336 Å². The first kappa shape index (κ1) is 53.4. The highest BCUT2D eigenvalue weighted by Crippen LogP contribution is 2.49. The van der Waals surface area contributed by atoms with Crippen LogP contribution in [-0.2, 0) is 0 Å². The summed E-state index contributed by atoms with van der Waals surface area (Å²) in [7, 11) is 0. The molecule has 0 spiro atoms. The zero-order chi connectivity index (χ0) is 59.7. The van der Waals surface area contributed by atoms with Crippen LogP contribution in [0.2, 0.25) is 0 Å². The van der Waals surface area contributed by atoms with Gasteiger partial charge in [0.15, 0.2) is 11.6 Å². The molecular weight excluding hydrogens is 1100 g/mol. The first-order valence-electron chi connectivity index (χ1n) is 30.3. The topological polar surface area (TPSA) is 77.8 Å². The number of fused-ring (bicyclic) bond motifs is 2. The van der Waals surface area contributed by atoms with Crippen LogP contribution in [0, 0.1) is 0 Å². The number of hydrogen-bond donors (Lipinski definition) is 0. The number of aromatic nitrogens is 4. The predicted molar refractivity (Wildman–Crippen MR) is 368 cm³/mol. The van der Waals surface area contributed by atoms with Gasteiger partial charge in [-0.25, -0.2) is 19.9 Å². The molecule has 4 aromatic heterocycles. The molecule has 0 unspecified atom stereocenters. The highest BCUT2D eigenvalue weighted by molar-refractivity contribution is 6.09. The lowest BCUT2D eigenvalue weighted by molar-refractivity contribution is 0.602. The Morgan fingerprint density at radius 2 is 0.489 bits per heavy atom. The molecular formula is C84H54N4O2. The first-order chi connectivity index (χ1) is 44.6. The standard InChI is InChI=1S/C84H54N4O2/c1-7-26-56(27-8-1)65-44-24-46-71(77(65)81-69-42-21-19-40-67(69)79(89-81)61-34-15-5-16-35-61)76-54-75(60-32-13-4-14-33-60)85-83(88-76)64-39-23-38-63(52-64)55-48-50-57(51-49-55)66-45-25-47-72(78(66)82-70-43-22-20-41-68(70)80(90-82)62-36-17-6-18-37-62)84-86-73(58-28-9-2-10-29-58)53-74(87-84)59-30-11-3-12-31-59/h1-54H. The second-order valence-corrected chi connectivity index (χ2v) is 22.3. The summed E-state index contributed by atoms with van der Waals surface area (Å²) in [4.78, 5) is 21.7. The summed E-state index contributed by atoms with van der Waals surface area (Å²) in [6.45, 7) is 0. The van der Waals surface area contributed by atoms with Crippen molar-refractivity contribution in [2.24, 2.45) is 0 Å². The highest BCUT2D eigenvalue weighted by Gasteiger charge is 2.27. The van der Waals surface area contributed by atoms with Gasteiger partial charge in [0.1, 0.15) is 23.0 Å². The summed E-state index contributed by atoms with van der Waals surface area (Å²) in [5.41, 5.74) is 18.9. The van der Waals surface area contributed by atoms with Crippen molar-refractivity contribution >= 4 is 21.5 Å². The minimum absolute atomic E-state index is 0.593. The average molecular weight is 1150 g/mol. The summed E-state index contributed by atoms with van der Waals surface area (Å²) in [6, 6.07) is 114. The first-order valence-corrected chi connectivity index (χ1v) is 30.3. The molecule has 0 fully saturated rings.